The maximum absolute atomic E-state index is 14.2. The van der Waals surface area contributed by atoms with Gasteiger partial charge in [-0.2, -0.15) is 0 Å². The van der Waals surface area contributed by atoms with Crippen molar-refractivity contribution in [3.63, 3.8) is 0 Å². The summed E-state index contributed by atoms with van der Waals surface area (Å²) < 4.78 is 19.7. The summed E-state index contributed by atoms with van der Waals surface area (Å²) >= 11 is 0. The molecule has 1 fully saturated rings. The molecule has 8 nitrogen and oxygen atoms in total. The highest BCUT2D eigenvalue weighted by atomic mass is 19.1. The number of nitrogens with one attached hydrogen (secondary N) is 2. The Balaban J connectivity index is 1.54. The second-order valence-electron chi connectivity index (χ2n) is 8.83. The van der Waals surface area contributed by atoms with E-state index in [1.54, 1.807) is 35.4 Å². The first-order chi connectivity index (χ1) is 15.1. The zero-order valence-corrected chi connectivity index (χ0v) is 18.9. The first kappa shape index (κ1) is 23.5. The van der Waals surface area contributed by atoms with Crippen molar-refractivity contribution < 1.29 is 18.7 Å². The molecule has 0 spiro atoms. The quantitative estimate of drug-likeness (QED) is 0.739. The molecule has 1 saturated heterocycles. The Hall–Kier alpha value is -3.20. The highest BCUT2D eigenvalue weighted by Crippen LogP contribution is 2.19. The first-order valence-electron chi connectivity index (χ1n) is 10.6. The number of carbonyl (C=O) groups excluding carboxylic acids is 2. The number of urea groups is 1. The summed E-state index contributed by atoms with van der Waals surface area (Å²) in [6.45, 7) is 10.5. The van der Waals surface area contributed by atoms with Crippen molar-refractivity contribution >= 4 is 23.5 Å². The number of halogens is 1. The lowest BCUT2D eigenvalue weighted by Crippen LogP contribution is -2.49. The number of hydrogen-bond acceptors (Lipinski definition) is 5. The summed E-state index contributed by atoms with van der Waals surface area (Å²) in [6.07, 6.45) is 1.23. The fourth-order valence-electron chi connectivity index (χ4n) is 3.27. The van der Waals surface area contributed by atoms with E-state index in [1.165, 1.54) is 6.07 Å². The van der Waals surface area contributed by atoms with E-state index in [1.807, 2.05) is 27.7 Å². The van der Waals surface area contributed by atoms with Gasteiger partial charge in [0.25, 0.3) is 0 Å². The summed E-state index contributed by atoms with van der Waals surface area (Å²) in [5, 5.41) is 5.19. The van der Waals surface area contributed by atoms with Crippen molar-refractivity contribution in [2.45, 2.75) is 39.8 Å². The summed E-state index contributed by atoms with van der Waals surface area (Å²) in [4.78, 5) is 32.4. The van der Waals surface area contributed by atoms with Crippen molar-refractivity contribution in [3.8, 4) is 0 Å². The van der Waals surface area contributed by atoms with Crippen LogP contribution >= 0.6 is 0 Å². The minimum absolute atomic E-state index is 0.104. The molecule has 0 bridgehead atoms. The minimum atomic E-state index is -0.544. The van der Waals surface area contributed by atoms with E-state index < -0.39 is 17.4 Å². The number of piperazine rings is 1. The van der Waals surface area contributed by atoms with Crippen LogP contribution < -0.4 is 10.6 Å². The molecule has 0 atom stereocenters. The van der Waals surface area contributed by atoms with Gasteiger partial charge in [-0.25, -0.2) is 14.0 Å². The van der Waals surface area contributed by atoms with Crippen LogP contribution in [0.3, 0.4) is 0 Å². The molecule has 2 heterocycles. The zero-order valence-electron chi connectivity index (χ0n) is 18.9. The largest absolute Gasteiger partial charge is 0.444 e. The average Bonchev–Trinajstić information content (AvgIpc) is 2.71. The summed E-state index contributed by atoms with van der Waals surface area (Å²) in [7, 11) is 0. The molecule has 1 aromatic carbocycles. The molecule has 2 aromatic rings. The number of amides is 3. The van der Waals surface area contributed by atoms with Crippen LogP contribution in [0.15, 0.2) is 36.5 Å². The lowest BCUT2D eigenvalue weighted by atomic mass is 10.1. The molecule has 9 heteroatoms. The van der Waals surface area contributed by atoms with E-state index in [9.17, 15) is 14.0 Å². The Bertz CT molecular complexity index is 951. The van der Waals surface area contributed by atoms with Crippen molar-refractivity contribution in [1.82, 2.24) is 14.8 Å². The van der Waals surface area contributed by atoms with Crippen LogP contribution in [-0.4, -0.2) is 58.7 Å². The van der Waals surface area contributed by atoms with E-state index in [-0.39, 0.29) is 11.8 Å². The monoisotopic (exact) mass is 443 g/mol. The summed E-state index contributed by atoms with van der Waals surface area (Å²) in [5.41, 5.74) is 1.81. The van der Waals surface area contributed by atoms with Crippen LogP contribution in [0, 0.1) is 12.7 Å². The molecule has 3 rings (SSSR count). The Morgan fingerprint density at radius 2 is 1.81 bits per heavy atom. The maximum Gasteiger partial charge on any atom is 0.410 e. The maximum atomic E-state index is 14.2. The molecule has 172 valence electrons. The Morgan fingerprint density at radius 3 is 2.44 bits per heavy atom. The van der Waals surface area contributed by atoms with E-state index in [0.717, 1.165) is 11.3 Å². The Labute approximate surface area is 187 Å². The third kappa shape index (κ3) is 6.91. The number of anilines is 2. The number of ether oxygens (including phenoxy) is 1. The van der Waals surface area contributed by atoms with Gasteiger partial charge in [-0.1, -0.05) is 6.07 Å². The molecule has 0 saturated carbocycles. The smallest absolute Gasteiger partial charge is 0.410 e. The van der Waals surface area contributed by atoms with Crippen molar-refractivity contribution in [1.29, 1.82) is 0 Å². The second-order valence-corrected chi connectivity index (χ2v) is 8.83. The van der Waals surface area contributed by atoms with Crippen LogP contribution in [0.5, 0.6) is 0 Å². The van der Waals surface area contributed by atoms with Crippen LogP contribution in [0.25, 0.3) is 0 Å². The van der Waals surface area contributed by atoms with Gasteiger partial charge in [-0.3, -0.25) is 9.88 Å². The third-order valence-electron chi connectivity index (χ3n) is 4.88. The van der Waals surface area contributed by atoms with E-state index >= 15 is 0 Å². The van der Waals surface area contributed by atoms with E-state index in [4.69, 9.17) is 4.74 Å². The molecule has 1 aromatic heterocycles. The van der Waals surface area contributed by atoms with Gasteiger partial charge >= 0.3 is 12.1 Å². The Kier molecular flexibility index (Phi) is 7.29. The average molecular weight is 444 g/mol. The second kappa shape index (κ2) is 9.95. The first-order valence-corrected chi connectivity index (χ1v) is 10.6. The fraction of sp³-hybridized carbons (Fsp3) is 0.435. The van der Waals surface area contributed by atoms with Gasteiger partial charge in [-0.15, -0.1) is 0 Å². The lowest BCUT2D eigenvalue weighted by molar-refractivity contribution is 0.0139. The molecular formula is C23H30FN5O3. The number of hydrogen-bond donors (Lipinski definition) is 2. The van der Waals surface area contributed by atoms with Gasteiger partial charge < -0.3 is 20.3 Å². The van der Waals surface area contributed by atoms with Crippen molar-refractivity contribution in [2.75, 3.05) is 36.8 Å². The van der Waals surface area contributed by atoms with Gasteiger partial charge in [0.05, 0.1) is 17.6 Å². The zero-order chi connectivity index (χ0) is 23.3. The van der Waals surface area contributed by atoms with E-state index in [0.29, 0.717) is 38.4 Å². The highest BCUT2D eigenvalue weighted by molar-refractivity contribution is 5.99. The van der Waals surface area contributed by atoms with Crippen LogP contribution in [0.4, 0.5) is 25.4 Å². The van der Waals surface area contributed by atoms with Crippen LogP contribution in [0.2, 0.25) is 0 Å². The van der Waals surface area contributed by atoms with E-state index in [2.05, 4.69) is 20.5 Å². The number of pyridine rings is 1. The number of benzene rings is 1. The molecule has 1 aliphatic rings. The number of aryl methyl sites for hydroxylation is 1. The lowest BCUT2D eigenvalue weighted by Gasteiger charge is -2.35. The topological polar surface area (TPSA) is 86.8 Å². The van der Waals surface area contributed by atoms with Crippen molar-refractivity contribution in [2.24, 2.45) is 0 Å². The van der Waals surface area contributed by atoms with Gasteiger partial charge in [0, 0.05) is 38.4 Å². The molecule has 0 unspecified atom stereocenters. The number of rotatable bonds is 4. The molecule has 1 aliphatic heterocycles. The number of aromatic nitrogens is 1. The molecule has 0 radical (unpaired) electrons. The number of carbonyl (C=O) groups is 2. The summed E-state index contributed by atoms with van der Waals surface area (Å²) in [6, 6.07) is 7.63. The SMILES string of the molecule is Cc1ccc(NC(=O)Nc2cc(CN3CCN(C(=O)OC(C)(C)C)CC3)ccc2F)cn1. The molecule has 32 heavy (non-hydrogen) atoms. The molecular weight excluding hydrogens is 413 g/mol. The molecule has 2 N–H and O–H groups in total. The van der Waals surface area contributed by atoms with Gasteiger partial charge in [0.2, 0.25) is 0 Å². The van der Waals surface area contributed by atoms with Crippen LogP contribution in [0.1, 0.15) is 32.0 Å². The number of nitrogens with zero attached hydrogens (tertiary/aromatic N) is 3. The van der Waals surface area contributed by atoms with Gasteiger partial charge in [0.15, 0.2) is 0 Å². The molecule has 0 aliphatic carbocycles. The predicted octanol–water partition coefficient (Wildman–Crippen LogP) is 4.23. The highest BCUT2D eigenvalue weighted by Gasteiger charge is 2.26. The standard InChI is InChI=1S/C23H30FN5O3/c1-16-5-7-18(14-25-16)26-21(30)27-20-13-17(6-8-19(20)24)15-28-9-11-29(12-10-28)22(31)32-23(2,3)4/h5-8,13-14H,9-12,15H2,1-4H3,(H2,26,27,30). The summed E-state index contributed by atoms with van der Waals surface area (Å²) in [5.74, 6) is -0.513. The normalized spacial score (nSPS) is 14.7. The van der Waals surface area contributed by atoms with Crippen molar-refractivity contribution in [3.05, 3.63) is 53.6 Å². The Morgan fingerprint density at radius 1 is 1.09 bits per heavy atom. The van der Waals surface area contributed by atoms with Gasteiger partial charge in [0.1, 0.15) is 11.4 Å². The van der Waals surface area contributed by atoms with Crippen LogP contribution in [-0.2, 0) is 11.3 Å². The van der Waals surface area contributed by atoms with Gasteiger partial charge in [-0.05, 0) is 57.5 Å². The fourth-order valence-corrected chi connectivity index (χ4v) is 3.27. The predicted molar refractivity (Wildman–Crippen MR) is 121 cm³/mol. The third-order valence-corrected chi connectivity index (χ3v) is 4.88. The molecule has 3 amide bonds. The minimum Gasteiger partial charge on any atom is -0.444 e.